The highest BCUT2D eigenvalue weighted by atomic mass is 35.5. The second kappa shape index (κ2) is 9.82. The van der Waals surface area contributed by atoms with Gasteiger partial charge in [0.15, 0.2) is 0 Å². The molecule has 108 valence electrons. The monoisotopic (exact) mass is 284 g/mol. The highest BCUT2D eigenvalue weighted by molar-refractivity contribution is 5.85. The van der Waals surface area contributed by atoms with Crippen molar-refractivity contribution in [1.82, 2.24) is 10.6 Å². The molecule has 0 spiro atoms. The van der Waals surface area contributed by atoms with Gasteiger partial charge in [0, 0.05) is 19.5 Å². The molecule has 0 heterocycles. The van der Waals surface area contributed by atoms with E-state index in [1.54, 1.807) is 0 Å². The van der Waals surface area contributed by atoms with Gasteiger partial charge in [-0.3, -0.25) is 4.79 Å². The van der Waals surface area contributed by atoms with Crippen LogP contribution in [-0.4, -0.2) is 26.0 Å². The van der Waals surface area contributed by atoms with Crippen LogP contribution in [0.4, 0.5) is 0 Å². The number of carbonyl (C=O) groups excluding carboxylic acids is 1. The lowest BCUT2D eigenvalue weighted by molar-refractivity contribution is -0.121. The molecule has 3 nitrogen and oxygen atoms in total. The van der Waals surface area contributed by atoms with Gasteiger partial charge in [-0.25, -0.2) is 0 Å². The Labute approximate surface area is 122 Å². The first-order valence-corrected chi connectivity index (χ1v) is 6.65. The third-order valence-electron chi connectivity index (χ3n) is 3.17. The number of carbonyl (C=O) groups is 1. The molecule has 1 rings (SSSR count). The highest BCUT2D eigenvalue weighted by Gasteiger charge is 2.13. The zero-order valence-electron chi connectivity index (χ0n) is 12.0. The Morgan fingerprint density at radius 1 is 1.21 bits per heavy atom. The van der Waals surface area contributed by atoms with E-state index in [9.17, 15) is 4.79 Å². The summed E-state index contributed by atoms with van der Waals surface area (Å²) in [4.78, 5) is 11.8. The Balaban J connectivity index is 0.00000324. The lowest BCUT2D eigenvalue weighted by Crippen LogP contribution is -2.31. The van der Waals surface area contributed by atoms with Gasteiger partial charge in [-0.2, -0.15) is 0 Å². The number of benzene rings is 1. The largest absolute Gasteiger partial charge is 0.355 e. The Kier molecular flexibility index (Phi) is 9.27. The smallest absolute Gasteiger partial charge is 0.220 e. The van der Waals surface area contributed by atoms with Gasteiger partial charge in [0.05, 0.1) is 0 Å². The molecule has 4 heteroatoms. The number of rotatable bonds is 7. The van der Waals surface area contributed by atoms with Crippen molar-refractivity contribution < 1.29 is 4.79 Å². The van der Waals surface area contributed by atoms with Crippen molar-refractivity contribution in [3.8, 4) is 0 Å². The maximum Gasteiger partial charge on any atom is 0.220 e. The molecule has 0 aliphatic rings. The van der Waals surface area contributed by atoms with E-state index in [2.05, 4.69) is 48.7 Å². The molecule has 0 radical (unpaired) electrons. The van der Waals surface area contributed by atoms with Crippen molar-refractivity contribution in [1.29, 1.82) is 0 Å². The number of nitrogens with one attached hydrogen (secondary N) is 2. The van der Waals surface area contributed by atoms with Crippen molar-refractivity contribution >= 4 is 18.3 Å². The third kappa shape index (κ3) is 6.60. The minimum absolute atomic E-state index is 0. The number of amides is 1. The molecule has 1 atom stereocenters. The normalized spacial score (nSPS) is 11.5. The van der Waals surface area contributed by atoms with Crippen LogP contribution in [-0.2, 0) is 4.79 Å². The zero-order valence-corrected chi connectivity index (χ0v) is 12.8. The molecule has 19 heavy (non-hydrogen) atoms. The van der Waals surface area contributed by atoms with Gasteiger partial charge >= 0.3 is 0 Å². The van der Waals surface area contributed by atoms with E-state index >= 15 is 0 Å². The predicted octanol–water partition coefficient (Wildman–Crippen LogP) is 2.64. The number of aryl methyl sites for hydroxylation is 1. The van der Waals surface area contributed by atoms with Crippen molar-refractivity contribution in [2.24, 2.45) is 0 Å². The first-order chi connectivity index (χ1) is 8.67. The SMILES string of the molecule is CCC(CC(=O)NCCNC)c1ccc(C)cc1.Cl. The third-order valence-corrected chi connectivity index (χ3v) is 3.17. The maximum absolute atomic E-state index is 11.8. The number of hydrogen-bond acceptors (Lipinski definition) is 2. The molecule has 1 unspecified atom stereocenters. The second-order valence-corrected chi connectivity index (χ2v) is 4.67. The van der Waals surface area contributed by atoms with Crippen LogP contribution in [0.3, 0.4) is 0 Å². The summed E-state index contributed by atoms with van der Waals surface area (Å²) in [6, 6.07) is 8.47. The van der Waals surface area contributed by atoms with Gasteiger partial charge in [0.1, 0.15) is 0 Å². The standard InChI is InChI=1S/C15H24N2O.ClH/c1-4-13(11-15(18)17-10-9-16-3)14-7-5-12(2)6-8-14;/h5-8,13,16H,4,9-11H2,1-3H3,(H,17,18);1H. The topological polar surface area (TPSA) is 41.1 Å². The molecule has 1 aromatic carbocycles. The Bertz CT molecular complexity index is 365. The first kappa shape index (κ1) is 17.9. The van der Waals surface area contributed by atoms with Crippen LogP contribution in [0.15, 0.2) is 24.3 Å². The summed E-state index contributed by atoms with van der Waals surface area (Å²) in [5.74, 6) is 0.456. The van der Waals surface area contributed by atoms with Crippen LogP contribution in [0.5, 0.6) is 0 Å². The predicted molar refractivity (Wildman–Crippen MR) is 83.0 cm³/mol. The summed E-state index contributed by atoms with van der Waals surface area (Å²) in [6.07, 6.45) is 1.56. The highest BCUT2D eigenvalue weighted by Crippen LogP contribution is 2.23. The number of likely N-dealkylation sites (N-methyl/N-ethyl adjacent to an activating group) is 1. The molecule has 1 amide bonds. The van der Waals surface area contributed by atoms with E-state index in [-0.39, 0.29) is 18.3 Å². The lowest BCUT2D eigenvalue weighted by Gasteiger charge is -2.15. The molecule has 2 N–H and O–H groups in total. The van der Waals surface area contributed by atoms with Crippen LogP contribution in [0.2, 0.25) is 0 Å². The van der Waals surface area contributed by atoms with Crippen molar-refractivity contribution in [2.75, 3.05) is 20.1 Å². The lowest BCUT2D eigenvalue weighted by atomic mass is 9.92. The van der Waals surface area contributed by atoms with E-state index in [0.29, 0.717) is 18.9 Å². The zero-order chi connectivity index (χ0) is 13.4. The van der Waals surface area contributed by atoms with Crippen LogP contribution in [0, 0.1) is 6.92 Å². The van der Waals surface area contributed by atoms with Crippen LogP contribution >= 0.6 is 12.4 Å². The average Bonchev–Trinajstić information content (AvgIpc) is 2.37. The maximum atomic E-state index is 11.8. The molecule has 0 aliphatic carbocycles. The fourth-order valence-electron chi connectivity index (χ4n) is 1.96. The van der Waals surface area contributed by atoms with E-state index in [4.69, 9.17) is 0 Å². The van der Waals surface area contributed by atoms with E-state index in [0.717, 1.165) is 13.0 Å². The molecule has 1 aromatic rings. The molecule has 0 aromatic heterocycles. The molecule has 0 aliphatic heterocycles. The summed E-state index contributed by atoms with van der Waals surface area (Å²) in [5.41, 5.74) is 2.51. The molecular weight excluding hydrogens is 260 g/mol. The summed E-state index contributed by atoms with van der Waals surface area (Å²) in [5, 5.41) is 5.94. The van der Waals surface area contributed by atoms with E-state index in [1.165, 1.54) is 11.1 Å². The van der Waals surface area contributed by atoms with E-state index in [1.807, 2.05) is 7.05 Å². The second-order valence-electron chi connectivity index (χ2n) is 4.67. The fraction of sp³-hybridized carbons (Fsp3) is 0.533. The van der Waals surface area contributed by atoms with Gasteiger partial charge in [-0.05, 0) is 31.9 Å². The Morgan fingerprint density at radius 2 is 1.84 bits per heavy atom. The molecule has 0 saturated heterocycles. The van der Waals surface area contributed by atoms with Gasteiger partial charge in [-0.1, -0.05) is 36.8 Å². The fourth-order valence-corrected chi connectivity index (χ4v) is 1.96. The van der Waals surface area contributed by atoms with Gasteiger partial charge in [0.25, 0.3) is 0 Å². The number of halogens is 1. The molecule has 0 bridgehead atoms. The molecule has 0 fully saturated rings. The van der Waals surface area contributed by atoms with Gasteiger partial charge < -0.3 is 10.6 Å². The Hall–Kier alpha value is -1.06. The summed E-state index contributed by atoms with van der Waals surface area (Å²) >= 11 is 0. The van der Waals surface area contributed by atoms with Crippen LogP contribution in [0.1, 0.15) is 36.8 Å². The number of hydrogen-bond donors (Lipinski definition) is 2. The minimum atomic E-state index is 0. The van der Waals surface area contributed by atoms with Crippen molar-refractivity contribution in [3.05, 3.63) is 35.4 Å². The van der Waals surface area contributed by atoms with Crippen LogP contribution in [0.25, 0.3) is 0 Å². The van der Waals surface area contributed by atoms with Gasteiger partial charge in [-0.15, -0.1) is 12.4 Å². The first-order valence-electron chi connectivity index (χ1n) is 6.65. The van der Waals surface area contributed by atoms with Crippen molar-refractivity contribution in [3.63, 3.8) is 0 Å². The summed E-state index contributed by atoms with van der Waals surface area (Å²) in [6.45, 7) is 5.72. The summed E-state index contributed by atoms with van der Waals surface area (Å²) < 4.78 is 0. The van der Waals surface area contributed by atoms with Crippen molar-refractivity contribution in [2.45, 2.75) is 32.6 Å². The van der Waals surface area contributed by atoms with Gasteiger partial charge in [0.2, 0.25) is 5.91 Å². The molecule has 0 saturated carbocycles. The summed E-state index contributed by atoms with van der Waals surface area (Å²) in [7, 11) is 1.88. The average molecular weight is 285 g/mol. The quantitative estimate of drug-likeness (QED) is 0.756. The Morgan fingerprint density at radius 3 is 2.37 bits per heavy atom. The molecular formula is C15H25ClN2O. The van der Waals surface area contributed by atoms with E-state index < -0.39 is 0 Å². The van der Waals surface area contributed by atoms with Crippen LogP contribution < -0.4 is 10.6 Å². The minimum Gasteiger partial charge on any atom is -0.355 e.